The fourth-order valence-electron chi connectivity index (χ4n) is 3.62. The maximum atomic E-state index is 13.4. The number of ether oxygens (including phenoxy) is 1. The van der Waals surface area contributed by atoms with Gasteiger partial charge in [0.25, 0.3) is 0 Å². The molecule has 1 saturated carbocycles. The Kier molecular flexibility index (Phi) is 9.29. The SMILES string of the molecule is CSC(C)(SC)C(=O)Oc1cc(Cl)c(Cl)cc1NC(=O)C1(CCC(C)C)CCCC1. The second-order valence-electron chi connectivity index (χ2n) is 8.38. The molecule has 1 N–H and O–H groups in total. The molecule has 168 valence electrons. The third-order valence-corrected chi connectivity index (χ3v) is 9.48. The summed E-state index contributed by atoms with van der Waals surface area (Å²) in [5.41, 5.74) is -0.00631. The molecule has 1 fully saturated rings. The summed E-state index contributed by atoms with van der Waals surface area (Å²) in [5, 5.41) is 3.57. The van der Waals surface area contributed by atoms with Crippen molar-refractivity contribution in [1.82, 2.24) is 0 Å². The van der Waals surface area contributed by atoms with Crippen LogP contribution in [0.3, 0.4) is 0 Å². The fraction of sp³-hybridized carbons (Fsp3) is 0.636. The van der Waals surface area contributed by atoms with Crippen LogP contribution >= 0.6 is 46.7 Å². The summed E-state index contributed by atoms with van der Waals surface area (Å²) < 4.78 is 4.92. The van der Waals surface area contributed by atoms with E-state index in [0.717, 1.165) is 38.5 Å². The summed E-state index contributed by atoms with van der Waals surface area (Å²) in [6, 6.07) is 3.05. The lowest BCUT2D eigenvalue weighted by Crippen LogP contribution is -2.35. The third kappa shape index (κ3) is 6.02. The van der Waals surface area contributed by atoms with Crippen molar-refractivity contribution in [1.29, 1.82) is 0 Å². The van der Waals surface area contributed by atoms with E-state index in [1.165, 1.54) is 29.6 Å². The van der Waals surface area contributed by atoms with Gasteiger partial charge in [0.1, 0.15) is 0 Å². The average molecular weight is 493 g/mol. The Hall–Kier alpha value is -0.560. The van der Waals surface area contributed by atoms with Crippen LogP contribution in [0, 0.1) is 11.3 Å². The van der Waals surface area contributed by atoms with Gasteiger partial charge in [0.2, 0.25) is 5.91 Å². The van der Waals surface area contributed by atoms with Crippen LogP contribution < -0.4 is 10.1 Å². The maximum Gasteiger partial charge on any atom is 0.337 e. The Balaban J connectivity index is 2.31. The summed E-state index contributed by atoms with van der Waals surface area (Å²) in [6.07, 6.45) is 9.41. The van der Waals surface area contributed by atoms with Gasteiger partial charge in [0, 0.05) is 11.5 Å². The van der Waals surface area contributed by atoms with Crippen LogP contribution in [-0.2, 0) is 9.59 Å². The molecular weight excluding hydrogens is 461 g/mol. The van der Waals surface area contributed by atoms with E-state index in [0.29, 0.717) is 16.6 Å². The Bertz CT molecular complexity index is 776. The van der Waals surface area contributed by atoms with E-state index < -0.39 is 10.0 Å². The molecular formula is C22H31Cl2NO3S2. The summed E-state index contributed by atoms with van der Waals surface area (Å²) in [5.74, 6) is 0.308. The van der Waals surface area contributed by atoms with Gasteiger partial charge in [-0.1, -0.05) is 49.9 Å². The number of thioether (sulfide) groups is 2. The van der Waals surface area contributed by atoms with Gasteiger partial charge in [-0.2, -0.15) is 0 Å². The Morgan fingerprint density at radius 2 is 1.73 bits per heavy atom. The summed E-state index contributed by atoms with van der Waals surface area (Å²) in [6.45, 7) is 6.15. The van der Waals surface area contributed by atoms with E-state index >= 15 is 0 Å². The predicted molar refractivity (Wildman–Crippen MR) is 131 cm³/mol. The van der Waals surface area contributed by atoms with Crippen LogP contribution in [0.4, 0.5) is 5.69 Å². The number of rotatable bonds is 9. The highest BCUT2D eigenvalue weighted by Gasteiger charge is 2.41. The van der Waals surface area contributed by atoms with Crippen LogP contribution in [0.2, 0.25) is 10.0 Å². The monoisotopic (exact) mass is 491 g/mol. The highest BCUT2D eigenvalue weighted by atomic mass is 35.5. The molecule has 30 heavy (non-hydrogen) atoms. The second kappa shape index (κ2) is 10.8. The minimum absolute atomic E-state index is 0.0335. The van der Waals surface area contributed by atoms with Crippen molar-refractivity contribution >= 4 is 64.3 Å². The summed E-state index contributed by atoms with van der Waals surface area (Å²) >= 11 is 15.2. The minimum atomic E-state index is -0.767. The van der Waals surface area contributed by atoms with Crippen LogP contribution in [0.15, 0.2) is 12.1 Å². The Labute approximate surface area is 198 Å². The molecule has 2 rings (SSSR count). The quantitative estimate of drug-likeness (QED) is 0.223. The summed E-state index contributed by atoms with van der Waals surface area (Å²) in [4.78, 5) is 26.1. The van der Waals surface area contributed by atoms with Gasteiger partial charge < -0.3 is 10.1 Å². The zero-order valence-corrected chi connectivity index (χ0v) is 21.4. The molecule has 0 atom stereocenters. The summed E-state index contributed by atoms with van der Waals surface area (Å²) in [7, 11) is 0. The lowest BCUT2D eigenvalue weighted by atomic mass is 9.79. The van der Waals surface area contributed by atoms with E-state index in [-0.39, 0.29) is 22.1 Å². The number of halogens is 2. The van der Waals surface area contributed by atoms with E-state index in [2.05, 4.69) is 19.2 Å². The molecule has 0 aliphatic heterocycles. The van der Waals surface area contributed by atoms with Gasteiger partial charge in [0.15, 0.2) is 9.83 Å². The number of anilines is 1. The standard InChI is InChI=1S/C22H31Cl2NO3S2/c1-14(2)8-11-22(9-6-7-10-22)19(26)25-17-12-15(23)16(24)13-18(17)28-20(27)21(3,29-4)30-5/h12-14H,6-11H2,1-5H3,(H,25,26). The van der Waals surface area contributed by atoms with Gasteiger partial charge >= 0.3 is 5.97 Å². The number of amides is 1. The molecule has 1 amide bonds. The van der Waals surface area contributed by atoms with E-state index in [4.69, 9.17) is 27.9 Å². The van der Waals surface area contributed by atoms with Crippen molar-refractivity contribution in [3.63, 3.8) is 0 Å². The van der Waals surface area contributed by atoms with Crippen molar-refractivity contribution in [2.24, 2.45) is 11.3 Å². The molecule has 0 unspecified atom stereocenters. The lowest BCUT2D eigenvalue weighted by molar-refractivity contribution is -0.134. The smallest absolute Gasteiger partial charge is 0.337 e. The average Bonchev–Trinajstić information content (AvgIpc) is 3.19. The molecule has 1 aromatic rings. The molecule has 0 saturated heterocycles. The van der Waals surface area contributed by atoms with Gasteiger partial charge in [-0.25, -0.2) is 4.79 Å². The van der Waals surface area contributed by atoms with Crippen molar-refractivity contribution in [3.8, 4) is 5.75 Å². The molecule has 8 heteroatoms. The number of nitrogens with one attached hydrogen (secondary N) is 1. The third-order valence-electron chi connectivity index (χ3n) is 5.87. The van der Waals surface area contributed by atoms with Crippen LogP contribution in [0.1, 0.15) is 59.3 Å². The van der Waals surface area contributed by atoms with Gasteiger partial charge in [0.05, 0.1) is 15.7 Å². The zero-order valence-electron chi connectivity index (χ0n) is 18.3. The predicted octanol–water partition coefficient (Wildman–Crippen LogP) is 7.28. The molecule has 4 nitrogen and oxygen atoms in total. The largest absolute Gasteiger partial charge is 0.423 e. The Morgan fingerprint density at radius 3 is 2.27 bits per heavy atom. The van der Waals surface area contributed by atoms with Crippen molar-refractivity contribution in [2.45, 2.75) is 63.4 Å². The van der Waals surface area contributed by atoms with Crippen molar-refractivity contribution in [2.75, 3.05) is 17.8 Å². The molecule has 0 spiro atoms. The fourth-order valence-corrected chi connectivity index (χ4v) is 5.02. The number of benzene rings is 1. The van der Waals surface area contributed by atoms with E-state index in [1.54, 1.807) is 13.0 Å². The topological polar surface area (TPSA) is 55.4 Å². The zero-order chi connectivity index (χ0) is 22.5. The number of esters is 1. The Morgan fingerprint density at radius 1 is 1.17 bits per heavy atom. The highest BCUT2D eigenvalue weighted by Crippen LogP contribution is 2.45. The first-order valence-corrected chi connectivity index (χ1v) is 13.4. The number of hydrogen-bond donors (Lipinski definition) is 1. The lowest BCUT2D eigenvalue weighted by Gasteiger charge is -2.29. The number of hydrogen-bond acceptors (Lipinski definition) is 5. The molecule has 1 aromatic carbocycles. The molecule has 0 radical (unpaired) electrons. The molecule has 0 bridgehead atoms. The van der Waals surface area contributed by atoms with Crippen molar-refractivity contribution < 1.29 is 14.3 Å². The first kappa shape index (κ1) is 25.7. The highest BCUT2D eigenvalue weighted by molar-refractivity contribution is 8.18. The minimum Gasteiger partial charge on any atom is -0.423 e. The first-order valence-electron chi connectivity index (χ1n) is 10.2. The van der Waals surface area contributed by atoms with Crippen molar-refractivity contribution in [3.05, 3.63) is 22.2 Å². The molecule has 1 aliphatic carbocycles. The maximum absolute atomic E-state index is 13.4. The van der Waals surface area contributed by atoms with Crippen LogP contribution in [-0.4, -0.2) is 28.5 Å². The van der Waals surface area contributed by atoms with Gasteiger partial charge in [-0.15, -0.1) is 23.5 Å². The molecule has 0 heterocycles. The van der Waals surface area contributed by atoms with Crippen LogP contribution in [0.25, 0.3) is 0 Å². The number of carbonyl (C=O) groups is 2. The van der Waals surface area contributed by atoms with Gasteiger partial charge in [-0.3, -0.25) is 4.79 Å². The van der Waals surface area contributed by atoms with E-state index in [1.807, 2.05) is 12.5 Å². The van der Waals surface area contributed by atoms with Crippen LogP contribution in [0.5, 0.6) is 5.75 Å². The second-order valence-corrected chi connectivity index (χ2v) is 11.9. The van der Waals surface area contributed by atoms with E-state index in [9.17, 15) is 9.59 Å². The molecule has 1 aliphatic rings. The van der Waals surface area contributed by atoms with Gasteiger partial charge in [-0.05, 0) is 57.1 Å². The molecule has 0 aromatic heterocycles. The first-order chi connectivity index (χ1) is 14.1. The number of carbonyl (C=O) groups excluding carboxylic acids is 2. The normalized spacial score (nSPS) is 16.0.